The van der Waals surface area contributed by atoms with E-state index in [4.69, 9.17) is 11.6 Å². The van der Waals surface area contributed by atoms with Gasteiger partial charge in [-0.25, -0.2) is 9.97 Å². The molecule has 18 heavy (non-hydrogen) atoms. The molecule has 0 N–H and O–H groups in total. The zero-order chi connectivity index (χ0) is 13.5. The van der Waals surface area contributed by atoms with Crippen molar-refractivity contribution in [2.24, 2.45) is 0 Å². The highest BCUT2D eigenvalue weighted by atomic mass is 35.5. The van der Waals surface area contributed by atoms with E-state index in [1.54, 1.807) is 12.1 Å². The maximum Gasteiger partial charge on any atom is 0.451 e. The predicted molar refractivity (Wildman–Crippen MR) is 63.9 cm³/mol. The van der Waals surface area contributed by atoms with Crippen LogP contribution in [0.2, 0.25) is 5.15 Å². The molecule has 0 bridgehead atoms. The highest BCUT2D eigenvalue weighted by molar-refractivity contribution is 6.34. The fraction of sp³-hybridized carbons (Fsp3) is 0.273. The van der Waals surface area contributed by atoms with Gasteiger partial charge in [-0.1, -0.05) is 11.6 Å². The molecule has 0 aliphatic heterocycles. The van der Waals surface area contributed by atoms with Crippen LogP contribution in [0.3, 0.4) is 0 Å². The van der Waals surface area contributed by atoms with E-state index in [-0.39, 0.29) is 10.7 Å². The minimum atomic E-state index is -4.60. The van der Waals surface area contributed by atoms with Crippen LogP contribution in [0.5, 0.6) is 0 Å². The Bertz CT molecular complexity index is 596. The van der Waals surface area contributed by atoms with Gasteiger partial charge in [-0.05, 0) is 18.2 Å². The van der Waals surface area contributed by atoms with Crippen LogP contribution in [0.1, 0.15) is 5.82 Å². The maximum atomic E-state index is 12.5. The summed E-state index contributed by atoms with van der Waals surface area (Å²) in [5.74, 6) is -1.22. The largest absolute Gasteiger partial charge is 0.451 e. The van der Waals surface area contributed by atoms with Crippen LogP contribution < -0.4 is 4.90 Å². The van der Waals surface area contributed by atoms with Crippen molar-refractivity contribution in [1.29, 1.82) is 0 Å². The summed E-state index contributed by atoms with van der Waals surface area (Å²) in [6.07, 6.45) is -4.60. The third-order valence-corrected chi connectivity index (χ3v) is 2.69. The Labute approximate surface area is 106 Å². The van der Waals surface area contributed by atoms with Crippen molar-refractivity contribution in [2.45, 2.75) is 6.18 Å². The summed E-state index contributed by atoms with van der Waals surface area (Å²) in [7, 11) is 3.64. The van der Waals surface area contributed by atoms with Crippen molar-refractivity contribution in [2.75, 3.05) is 19.0 Å². The molecule has 0 amide bonds. The van der Waals surface area contributed by atoms with Gasteiger partial charge in [0.1, 0.15) is 5.15 Å². The zero-order valence-corrected chi connectivity index (χ0v) is 10.3. The minimum Gasteiger partial charge on any atom is -0.378 e. The van der Waals surface area contributed by atoms with Gasteiger partial charge in [0.05, 0.1) is 5.52 Å². The molecule has 0 aliphatic carbocycles. The van der Waals surface area contributed by atoms with Crippen LogP contribution in [0, 0.1) is 0 Å². The Hall–Kier alpha value is -1.56. The third-order valence-electron chi connectivity index (χ3n) is 2.40. The van der Waals surface area contributed by atoms with Gasteiger partial charge in [0.2, 0.25) is 5.82 Å². The van der Waals surface area contributed by atoms with Gasteiger partial charge in [0.25, 0.3) is 0 Å². The fourth-order valence-electron chi connectivity index (χ4n) is 1.48. The summed E-state index contributed by atoms with van der Waals surface area (Å²) in [4.78, 5) is 8.57. The molecule has 0 atom stereocenters. The van der Waals surface area contributed by atoms with Gasteiger partial charge >= 0.3 is 6.18 Å². The van der Waals surface area contributed by atoms with Gasteiger partial charge in [-0.2, -0.15) is 13.2 Å². The monoisotopic (exact) mass is 275 g/mol. The van der Waals surface area contributed by atoms with E-state index in [2.05, 4.69) is 9.97 Å². The molecule has 1 aromatic heterocycles. The average Bonchev–Trinajstić information content (AvgIpc) is 2.27. The van der Waals surface area contributed by atoms with E-state index < -0.39 is 12.0 Å². The lowest BCUT2D eigenvalue weighted by molar-refractivity contribution is -0.144. The van der Waals surface area contributed by atoms with Crippen LogP contribution in [0.25, 0.3) is 10.9 Å². The van der Waals surface area contributed by atoms with Gasteiger partial charge in [-0.15, -0.1) is 0 Å². The second kappa shape index (κ2) is 4.28. The van der Waals surface area contributed by atoms with Crippen LogP contribution >= 0.6 is 11.6 Å². The second-order valence-corrected chi connectivity index (χ2v) is 4.29. The van der Waals surface area contributed by atoms with Crippen molar-refractivity contribution in [3.05, 3.63) is 29.2 Å². The molecule has 96 valence electrons. The molecular formula is C11H9ClF3N3. The summed E-state index contributed by atoms with van der Waals surface area (Å²) in [5.41, 5.74) is 0.987. The summed E-state index contributed by atoms with van der Waals surface area (Å²) < 4.78 is 37.5. The number of benzene rings is 1. The third kappa shape index (κ3) is 2.33. The lowest BCUT2D eigenvalue weighted by atomic mass is 10.2. The number of nitrogens with zero attached hydrogens (tertiary/aromatic N) is 3. The number of alkyl halides is 3. The summed E-state index contributed by atoms with van der Waals surface area (Å²) in [5, 5.41) is 0.201. The molecule has 0 aliphatic rings. The van der Waals surface area contributed by atoms with Crippen molar-refractivity contribution < 1.29 is 13.2 Å². The van der Waals surface area contributed by atoms with Crippen molar-refractivity contribution >= 4 is 28.2 Å². The first-order chi connectivity index (χ1) is 8.29. The van der Waals surface area contributed by atoms with E-state index >= 15 is 0 Å². The first-order valence-corrected chi connectivity index (χ1v) is 5.38. The molecule has 1 heterocycles. The minimum absolute atomic E-state index is 0.174. The van der Waals surface area contributed by atoms with Gasteiger partial charge in [0.15, 0.2) is 0 Å². The summed E-state index contributed by atoms with van der Waals surface area (Å²) in [6.45, 7) is 0. The molecule has 3 nitrogen and oxygen atoms in total. The first-order valence-electron chi connectivity index (χ1n) is 5.01. The highest BCUT2D eigenvalue weighted by Gasteiger charge is 2.35. The molecule has 0 fully saturated rings. The lowest BCUT2D eigenvalue weighted by Crippen LogP contribution is -2.12. The normalized spacial score (nSPS) is 11.9. The van der Waals surface area contributed by atoms with E-state index in [0.29, 0.717) is 5.39 Å². The molecule has 0 radical (unpaired) electrons. The summed E-state index contributed by atoms with van der Waals surface area (Å²) in [6, 6.07) is 4.82. The van der Waals surface area contributed by atoms with Crippen molar-refractivity contribution in [3.8, 4) is 0 Å². The molecule has 0 spiro atoms. The molecule has 2 aromatic rings. The molecule has 0 unspecified atom stereocenters. The number of fused-ring (bicyclic) bond motifs is 1. The topological polar surface area (TPSA) is 29.0 Å². The molecular weight excluding hydrogens is 267 g/mol. The Morgan fingerprint density at radius 1 is 1.17 bits per heavy atom. The maximum absolute atomic E-state index is 12.5. The van der Waals surface area contributed by atoms with Gasteiger partial charge in [0, 0.05) is 25.2 Å². The van der Waals surface area contributed by atoms with E-state index in [0.717, 1.165) is 5.69 Å². The predicted octanol–water partition coefficient (Wildman–Crippen LogP) is 3.37. The second-order valence-electron chi connectivity index (χ2n) is 3.93. The molecule has 7 heteroatoms. The Balaban J connectivity index is 2.66. The van der Waals surface area contributed by atoms with E-state index in [1.165, 1.54) is 6.07 Å². The quantitative estimate of drug-likeness (QED) is 0.747. The van der Waals surface area contributed by atoms with Gasteiger partial charge < -0.3 is 4.90 Å². The number of rotatable bonds is 1. The van der Waals surface area contributed by atoms with E-state index in [1.807, 2.05) is 19.0 Å². The van der Waals surface area contributed by atoms with Gasteiger partial charge in [-0.3, -0.25) is 0 Å². The van der Waals surface area contributed by atoms with Crippen LogP contribution in [0.15, 0.2) is 18.2 Å². The number of halogens is 4. The Morgan fingerprint density at radius 2 is 1.83 bits per heavy atom. The van der Waals surface area contributed by atoms with Crippen molar-refractivity contribution in [3.63, 3.8) is 0 Å². The van der Waals surface area contributed by atoms with E-state index in [9.17, 15) is 13.2 Å². The standard InChI is InChI=1S/C11H9ClF3N3/c1-18(2)6-3-4-8-7(5-6)9(12)17-10(16-8)11(13,14)15/h3-5H,1-2H3. The summed E-state index contributed by atoms with van der Waals surface area (Å²) >= 11 is 5.78. The number of hydrogen-bond donors (Lipinski definition) is 0. The fourth-order valence-corrected chi connectivity index (χ4v) is 1.72. The lowest BCUT2D eigenvalue weighted by Gasteiger charge is -2.13. The van der Waals surface area contributed by atoms with Crippen LogP contribution in [-0.4, -0.2) is 24.1 Å². The molecule has 2 rings (SSSR count). The molecule has 1 aromatic carbocycles. The smallest absolute Gasteiger partial charge is 0.378 e. The Morgan fingerprint density at radius 3 is 2.39 bits per heavy atom. The zero-order valence-electron chi connectivity index (χ0n) is 9.59. The highest BCUT2D eigenvalue weighted by Crippen LogP contribution is 2.31. The van der Waals surface area contributed by atoms with Crippen molar-refractivity contribution in [1.82, 2.24) is 9.97 Å². The van der Waals surface area contributed by atoms with Crippen LogP contribution in [-0.2, 0) is 6.18 Å². The number of hydrogen-bond acceptors (Lipinski definition) is 3. The Kier molecular flexibility index (Phi) is 3.06. The molecule has 0 saturated carbocycles. The van der Waals surface area contributed by atoms with Crippen LogP contribution in [0.4, 0.5) is 18.9 Å². The average molecular weight is 276 g/mol. The first kappa shape index (κ1) is 12.9. The molecule has 0 saturated heterocycles. The number of anilines is 1. The number of aromatic nitrogens is 2. The SMILES string of the molecule is CN(C)c1ccc2nc(C(F)(F)F)nc(Cl)c2c1.